The van der Waals surface area contributed by atoms with Crippen molar-refractivity contribution >= 4 is 22.9 Å². The smallest absolute Gasteiger partial charge is 0.267 e. The molecule has 1 amide bonds. The lowest BCUT2D eigenvalue weighted by molar-refractivity contribution is 0.102. The van der Waals surface area contributed by atoms with E-state index in [0.717, 1.165) is 16.3 Å². The second-order valence-electron chi connectivity index (χ2n) is 5.78. The van der Waals surface area contributed by atoms with Gasteiger partial charge in [-0.05, 0) is 43.7 Å². The summed E-state index contributed by atoms with van der Waals surface area (Å²) in [7, 11) is 1.57. The molecule has 6 heteroatoms. The van der Waals surface area contributed by atoms with Crippen LogP contribution in [0.15, 0.2) is 48.5 Å². The van der Waals surface area contributed by atoms with E-state index in [1.807, 2.05) is 50.2 Å². The maximum atomic E-state index is 12.6. The molecule has 0 saturated carbocycles. The van der Waals surface area contributed by atoms with Crippen molar-refractivity contribution in [2.24, 2.45) is 0 Å². The van der Waals surface area contributed by atoms with Crippen LogP contribution >= 0.6 is 11.3 Å². The van der Waals surface area contributed by atoms with Gasteiger partial charge in [0.25, 0.3) is 5.91 Å². The molecule has 0 radical (unpaired) electrons. The van der Waals surface area contributed by atoms with Gasteiger partial charge in [0.15, 0.2) is 0 Å². The molecule has 0 atom stereocenters. The van der Waals surface area contributed by atoms with E-state index in [9.17, 15) is 4.79 Å². The summed E-state index contributed by atoms with van der Waals surface area (Å²) in [6.45, 7) is 4.17. The van der Waals surface area contributed by atoms with Crippen LogP contribution in [0.2, 0.25) is 0 Å². The van der Waals surface area contributed by atoms with Crippen LogP contribution in [0.1, 0.15) is 25.9 Å². The summed E-state index contributed by atoms with van der Waals surface area (Å²) < 4.78 is 11.0. The summed E-state index contributed by atoms with van der Waals surface area (Å²) in [4.78, 5) is 17.6. The predicted molar refractivity (Wildman–Crippen MR) is 103 cm³/mol. The second-order valence-corrected chi connectivity index (χ2v) is 6.87. The van der Waals surface area contributed by atoms with Crippen molar-refractivity contribution in [1.29, 1.82) is 0 Å². The summed E-state index contributed by atoms with van der Waals surface area (Å²) in [6.07, 6.45) is 0. The Labute approximate surface area is 156 Å². The van der Waals surface area contributed by atoms with E-state index in [4.69, 9.17) is 9.47 Å². The second kappa shape index (κ2) is 8.01. The first kappa shape index (κ1) is 17.9. The van der Waals surface area contributed by atoms with Gasteiger partial charge in [-0.1, -0.05) is 24.3 Å². The SMILES string of the molecule is COc1ccccc1NC(=O)c1sc(COc2cccc(C)c2)nc1C. The molecule has 0 unspecified atom stereocenters. The van der Waals surface area contributed by atoms with Crippen LogP contribution in [-0.2, 0) is 6.61 Å². The molecule has 3 rings (SSSR count). The molecule has 0 fully saturated rings. The number of rotatable bonds is 6. The van der Waals surface area contributed by atoms with Crippen molar-refractivity contribution in [2.75, 3.05) is 12.4 Å². The molecular weight excluding hydrogens is 348 g/mol. The topological polar surface area (TPSA) is 60.5 Å². The number of hydrogen-bond donors (Lipinski definition) is 1. The molecule has 0 aliphatic carbocycles. The van der Waals surface area contributed by atoms with Crippen LogP contribution in [0, 0.1) is 13.8 Å². The number of ether oxygens (including phenoxy) is 2. The van der Waals surface area contributed by atoms with Gasteiger partial charge in [-0.2, -0.15) is 0 Å². The largest absolute Gasteiger partial charge is 0.495 e. The monoisotopic (exact) mass is 368 g/mol. The van der Waals surface area contributed by atoms with E-state index in [-0.39, 0.29) is 5.91 Å². The van der Waals surface area contributed by atoms with E-state index in [0.29, 0.717) is 28.6 Å². The third-order valence-corrected chi connectivity index (χ3v) is 4.88. The maximum Gasteiger partial charge on any atom is 0.267 e. The number of hydrogen-bond acceptors (Lipinski definition) is 5. The minimum atomic E-state index is -0.202. The van der Waals surface area contributed by atoms with Gasteiger partial charge in [-0.3, -0.25) is 4.79 Å². The van der Waals surface area contributed by atoms with Crippen LogP contribution in [0.25, 0.3) is 0 Å². The molecule has 3 aromatic rings. The predicted octanol–water partition coefficient (Wildman–Crippen LogP) is 4.60. The highest BCUT2D eigenvalue weighted by atomic mass is 32.1. The zero-order chi connectivity index (χ0) is 18.5. The Bertz CT molecular complexity index is 921. The number of benzene rings is 2. The van der Waals surface area contributed by atoms with Gasteiger partial charge in [0.2, 0.25) is 0 Å². The molecule has 0 aliphatic heterocycles. The zero-order valence-electron chi connectivity index (χ0n) is 14.9. The van der Waals surface area contributed by atoms with Gasteiger partial charge in [0.05, 0.1) is 18.5 Å². The Kier molecular flexibility index (Phi) is 5.53. The molecule has 0 saturated heterocycles. The number of carbonyl (C=O) groups excluding carboxylic acids is 1. The number of nitrogens with zero attached hydrogens (tertiary/aromatic N) is 1. The normalized spacial score (nSPS) is 10.4. The van der Waals surface area contributed by atoms with Gasteiger partial charge < -0.3 is 14.8 Å². The zero-order valence-corrected chi connectivity index (χ0v) is 15.7. The van der Waals surface area contributed by atoms with Gasteiger partial charge >= 0.3 is 0 Å². The number of carbonyl (C=O) groups is 1. The Balaban J connectivity index is 1.70. The standard InChI is InChI=1S/C20H20N2O3S/c1-13-7-6-8-15(11-13)25-12-18-21-14(2)19(26-18)20(23)22-16-9-4-5-10-17(16)24-3/h4-11H,12H2,1-3H3,(H,22,23). The number of aromatic nitrogens is 1. The first-order chi connectivity index (χ1) is 12.6. The molecule has 1 aromatic heterocycles. The molecule has 1 heterocycles. The van der Waals surface area contributed by atoms with E-state index >= 15 is 0 Å². The number of para-hydroxylation sites is 2. The lowest BCUT2D eigenvalue weighted by Crippen LogP contribution is -2.12. The summed E-state index contributed by atoms with van der Waals surface area (Å²) in [5.74, 6) is 1.20. The molecule has 26 heavy (non-hydrogen) atoms. The molecule has 0 aliphatic rings. The highest BCUT2D eigenvalue weighted by Gasteiger charge is 2.17. The highest BCUT2D eigenvalue weighted by Crippen LogP contribution is 2.26. The van der Waals surface area contributed by atoms with E-state index in [1.165, 1.54) is 11.3 Å². The molecule has 0 spiro atoms. The van der Waals surface area contributed by atoms with Crippen molar-refractivity contribution < 1.29 is 14.3 Å². The van der Waals surface area contributed by atoms with Gasteiger partial charge in [-0.15, -0.1) is 11.3 Å². The Hall–Kier alpha value is -2.86. The van der Waals surface area contributed by atoms with Crippen molar-refractivity contribution in [2.45, 2.75) is 20.5 Å². The van der Waals surface area contributed by atoms with Gasteiger partial charge in [0, 0.05) is 0 Å². The number of thiazole rings is 1. The molecular formula is C20H20N2O3S. The summed E-state index contributed by atoms with van der Waals surface area (Å²) >= 11 is 1.33. The Morgan fingerprint density at radius 1 is 1.15 bits per heavy atom. The minimum absolute atomic E-state index is 0.202. The van der Waals surface area contributed by atoms with Crippen LogP contribution in [0.5, 0.6) is 11.5 Å². The fourth-order valence-corrected chi connectivity index (χ4v) is 3.38. The first-order valence-corrected chi connectivity index (χ1v) is 8.98. The third-order valence-electron chi connectivity index (χ3n) is 3.75. The molecule has 1 N–H and O–H groups in total. The quantitative estimate of drug-likeness (QED) is 0.691. The van der Waals surface area contributed by atoms with E-state index in [2.05, 4.69) is 10.3 Å². The maximum absolute atomic E-state index is 12.6. The lowest BCUT2D eigenvalue weighted by atomic mass is 10.2. The highest BCUT2D eigenvalue weighted by molar-refractivity contribution is 7.13. The minimum Gasteiger partial charge on any atom is -0.495 e. The van der Waals surface area contributed by atoms with Gasteiger partial charge in [0.1, 0.15) is 28.0 Å². The van der Waals surface area contributed by atoms with Crippen LogP contribution in [0.4, 0.5) is 5.69 Å². The summed E-state index contributed by atoms with van der Waals surface area (Å²) in [5.41, 5.74) is 2.45. The number of aryl methyl sites for hydroxylation is 2. The molecule has 134 valence electrons. The van der Waals surface area contributed by atoms with Crippen molar-refractivity contribution in [1.82, 2.24) is 4.98 Å². The third kappa shape index (κ3) is 4.21. The van der Waals surface area contributed by atoms with E-state index in [1.54, 1.807) is 19.2 Å². The summed E-state index contributed by atoms with van der Waals surface area (Å²) in [5, 5.41) is 3.64. The molecule has 2 aromatic carbocycles. The number of methoxy groups -OCH3 is 1. The van der Waals surface area contributed by atoms with Crippen molar-refractivity contribution in [3.05, 3.63) is 69.7 Å². The fourth-order valence-electron chi connectivity index (χ4n) is 2.50. The summed E-state index contributed by atoms with van der Waals surface area (Å²) in [6, 6.07) is 15.1. The number of amides is 1. The Morgan fingerprint density at radius 3 is 2.73 bits per heavy atom. The first-order valence-electron chi connectivity index (χ1n) is 8.17. The molecule has 5 nitrogen and oxygen atoms in total. The lowest BCUT2D eigenvalue weighted by Gasteiger charge is -2.08. The van der Waals surface area contributed by atoms with Gasteiger partial charge in [-0.25, -0.2) is 4.98 Å². The average molecular weight is 368 g/mol. The van der Waals surface area contributed by atoms with Crippen LogP contribution < -0.4 is 14.8 Å². The average Bonchev–Trinajstić information content (AvgIpc) is 3.01. The van der Waals surface area contributed by atoms with Crippen molar-refractivity contribution in [3.8, 4) is 11.5 Å². The molecule has 0 bridgehead atoms. The Morgan fingerprint density at radius 2 is 1.96 bits per heavy atom. The fraction of sp³-hybridized carbons (Fsp3) is 0.200. The number of anilines is 1. The van der Waals surface area contributed by atoms with Crippen LogP contribution in [0.3, 0.4) is 0 Å². The van der Waals surface area contributed by atoms with Crippen LogP contribution in [-0.4, -0.2) is 18.0 Å². The number of nitrogens with one attached hydrogen (secondary N) is 1. The van der Waals surface area contributed by atoms with E-state index < -0.39 is 0 Å². The van der Waals surface area contributed by atoms with Crippen molar-refractivity contribution in [3.63, 3.8) is 0 Å².